The Morgan fingerprint density at radius 2 is 1.47 bits per heavy atom. The molecule has 0 heterocycles. The Morgan fingerprint density at radius 3 is 1.89 bits per heavy atom. The van der Waals surface area contributed by atoms with Crippen LogP contribution >= 0.6 is 0 Å². The van der Waals surface area contributed by atoms with E-state index in [4.69, 9.17) is 0 Å². The average Bonchev–Trinajstić information content (AvgIpc) is 2.41. The first kappa shape index (κ1) is 16.6. The van der Waals surface area contributed by atoms with E-state index in [0.29, 0.717) is 4.90 Å². The van der Waals surface area contributed by atoms with E-state index in [1.165, 1.54) is 0 Å². The summed E-state index contributed by atoms with van der Waals surface area (Å²) in [5.41, 5.74) is 1.05. The molecular formula is C15H22O2SSn. The maximum atomic E-state index is 12.2. The van der Waals surface area contributed by atoms with Crippen LogP contribution in [0.15, 0.2) is 29.2 Å². The van der Waals surface area contributed by atoms with Gasteiger partial charge in [-0.2, -0.15) is 0 Å². The molecular weight excluding hydrogens is 363 g/mol. The number of hydrogen-bond donors (Lipinski definition) is 0. The van der Waals surface area contributed by atoms with E-state index < -0.39 is 28.2 Å². The molecule has 0 N–H and O–H groups in total. The molecule has 1 rings (SSSR count). The molecule has 0 aliphatic heterocycles. The first-order valence-electron chi connectivity index (χ1n) is 6.74. The summed E-state index contributed by atoms with van der Waals surface area (Å²) < 4.78 is 30.8. The van der Waals surface area contributed by atoms with Crippen molar-refractivity contribution < 1.29 is 8.42 Å². The Morgan fingerprint density at radius 1 is 1.00 bits per heavy atom. The van der Waals surface area contributed by atoms with Gasteiger partial charge in [0.15, 0.2) is 0 Å². The van der Waals surface area contributed by atoms with Gasteiger partial charge in [0.1, 0.15) is 0 Å². The fourth-order valence-corrected chi connectivity index (χ4v) is 11.7. The Bertz CT molecular complexity index is 565. The second-order valence-electron chi connectivity index (χ2n) is 4.88. The predicted octanol–water partition coefficient (Wildman–Crippen LogP) is 3.78. The molecule has 19 heavy (non-hydrogen) atoms. The number of benzene rings is 1. The van der Waals surface area contributed by atoms with Gasteiger partial charge in [-0.05, 0) is 0 Å². The molecule has 4 heteroatoms. The van der Waals surface area contributed by atoms with Crippen molar-refractivity contribution in [3.8, 4) is 9.19 Å². The fourth-order valence-electron chi connectivity index (χ4n) is 1.97. The third-order valence-electron chi connectivity index (χ3n) is 3.81. The minimum atomic E-state index is -3.45. The van der Waals surface area contributed by atoms with Crippen molar-refractivity contribution in [3.05, 3.63) is 29.8 Å². The third-order valence-corrected chi connectivity index (χ3v) is 19.1. The van der Waals surface area contributed by atoms with Crippen LogP contribution in [-0.2, 0) is 9.84 Å². The van der Waals surface area contributed by atoms with Crippen molar-refractivity contribution >= 4 is 28.2 Å². The molecule has 2 nitrogen and oxygen atoms in total. The van der Waals surface area contributed by atoms with Crippen molar-refractivity contribution in [2.45, 2.75) is 45.9 Å². The number of rotatable bonds is 4. The molecule has 0 aromatic heterocycles. The van der Waals surface area contributed by atoms with Crippen LogP contribution in [-0.4, -0.2) is 26.8 Å². The van der Waals surface area contributed by atoms with Crippen LogP contribution in [0, 0.1) is 16.1 Å². The van der Waals surface area contributed by atoms with Gasteiger partial charge in [-0.3, -0.25) is 0 Å². The molecule has 0 bridgehead atoms. The monoisotopic (exact) mass is 386 g/mol. The average molecular weight is 385 g/mol. The van der Waals surface area contributed by atoms with Gasteiger partial charge < -0.3 is 0 Å². The van der Waals surface area contributed by atoms with E-state index in [0.717, 1.165) is 18.9 Å². The topological polar surface area (TPSA) is 34.1 Å². The minimum absolute atomic E-state index is 0.314. The molecule has 1 aromatic rings. The Balaban J connectivity index is 3.14. The molecule has 1 aromatic carbocycles. The Kier molecular flexibility index (Phi) is 5.94. The van der Waals surface area contributed by atoms with Crippen molar-refractivity contribution in [3.63, 3.8) is 0 Å². The Hall–Kier alpha value is -0.471. The van der Waals surface area contributed by atoms with Gasteiger partial charge in [0.25, 0.3) is 0 Å². The van der Waals surface area contributed by atoms with Crippen LogP contribution in [0.3, 0.4) is 0 Å². The summed E-state index contributed by atoms with van der Waals surface area (Å²) in [6.45, 7) is 8.39. The molecule has 0 spiro atoms. The van der Waals surface area contributed by atoms with Gasteiger partial charge in [0.05, 0.1) is 0 Å². The van der Waals surface area contributed by atoms with E-state index in [1.807, 2.05) is 19.1 Å². The van der Waals surface area contributed by atoms with Gasteiger partial charge in [0.2, 0.25) is 0 Å². The van der Waals surface area contributed by atoms with Crippen LogP contribution in [0.25, 0.3) is 0 Å². The van der Waals surface area contributed by atoms with Crippen LogP contribution < -0.4 is 0 Å². The quantitative estimate of drug-likeness (QED) is 0.584. The summed E-state index contributed by atoms with van der Waals surface area (Å²) in [7, 11) is -3.45. The van der Waals surface area contributed by atoms with E-state index in [2.05, 4.69) is 30.0 Å². The van der Waals surface area contributed by atoms with E-state index >= 15 is 0 Å². The van der Waals surface area contributed by atoms with Gasteiger partial charge in [0, 0.05) is 0 Å². The number of aryl methyl sites for hydroxylation is 1. The molecule has 0 aliphatic rings. The van der Waals surface area contributed by atoms with E-state index in [-0.39, 0.29) is 0 Å². The summed E-state index contributed by atoms with van der Waals surface area (Å²) in [6, 6.07) is 6.90. The van der Waals surface area contributed by atoms with E-state index in [1.54, 1.807) is 12.1 Å². The summed E-state index contributed by atoms with van der Waals surface area (Å²) in [6.07, 6.45) is 0. The Labute approximate surface area is 121 Å². The van der Waals surface area contributed by atoms with Crippen molar-refractivity contribution in [1.29, 1.82) is 0 Å². The molecule has 0 unspecified atom stereocenters. The summed E-state index contributed by atoms with van der Waals surface area (Å²) in [5, 5.41) is 2.60. The summed E-state index contributed by atoms with van der Waals surface area (Å²) >= 11 is -2.49. The molecule has 0 amide bonds. The summed E-state index contributed by atoms with van der Waals surface area (Å²) in [4.78, 5) is 0.314. The molecule has 104 valence electrons. The normalized spacial score (nSPS) is 11.8. The van der Waals surface area contributed by atoms with Crippen molar-refractivity contribution in [2.75, 3.05) is 0 Å². The zero-order chi connectivity index (χ0) is 14.5. The molecule has 0 saturated carbocycles. The molecule has 0 radical (unpaired) electrons. The zero-order valence-corrected chi connectivity index (χ0v) is 15.8. The van der Waals surface area contributed by atoms with Crippen molar-refractivity contribution in [2.24, 2.45) is 0 Å². The third kappa shape index (κ3) is 4.25. The van der Waals surface area contributed by atoms with Gasteiger partial charge >= 0.3 is 122 Å². The maximum absolute atomic E-state index is 12.2. The number of sulfone groups is 1. The number of hydrogen-bond acceptors (Lipinski definition) is 2. The van der Waals surface area contributed by atoms with Crippen molar-refractivity contribution in [1.82, 2.24) is 0 Å². The van der Waals surface area contributed by atoms with Crippen LogP contribution in [0.4, 0.5) is 0 Å². The van der Waals surface area contributed by atoms with E-state index in [9.17, 15) is 8.42 Å². The predicted molar refractivity (Wildman–Crippen MR) is 83.3 cm³/mol. The second kappa shape index (κ2) is 6.80. The fraction of sp³-hybridized carbons (Fsp3) is 0.467. The molecule has 0 atom stereocenters. The second-order valence-corrected chi connectivity index (χ2v) is 20.6. The molecule has 0 fully saturated rings. The zero-order valence-electron chi connectivity index (χ0n) is 12.2. The van der Waals surface area contributed by atoms with Crippen LogP contribution in [0.1, 0.15) is 26.3 Å². The van der Waals surface area contributed by atoms with Crippen LogP contribution in [0.2, 0.25) is 13.3 Å². The van der Waals surface area contributed by atoms with Gasteiger partial charge in [-0.1, -0.05) is 0 Å². The van der Waals surface area contributed by atoms with Gasteiger partial charge in [-0.25, -0.2) is 0 Å². The first-order chi connectivity index (χ1) is 8.89. The standard InChI is InChI=1S/C9H7O2S.3C2H5.Sn/c1-3-12(10,11)9-6-4-8(2)5-7-9;3*1-2;/h4-7H,2H3;3*1H2,2H3;. The van der Waals surface area contributed by atoms with Gasteiger partial charge in [-0.15, -0.1) is 0 Å². The molecule has 0 saturated heterocycles. The van der Waals surface area contributed by atoms with Crippen LogP contribution in [0.5, 0.6) is 0 Å². The molecule has 0 aliphatic carbocycles. The SMILES string of the molecule is C[CH2][Sn]([C]#CS(=O)(=O)c1ccc(C)cc1)([CH2]C)[CH2]C. The summed E-state index contributed by atoms with van der Waals surface area (Å²) in [5.74, 6) is 0. The first-order valence-corrected chi connectivity index (χ1v) is 15.7.